The molecule has 0 nitrogen and oxygen atoms in total. The van der Waals surface area contributed by atoms with Gasteiger partial charge in [0, 0.05) is 0 Å². The van der Waals surface area contributed by atoms with Crippen molar-refractivity contribution < 1.29 is 0 Å². The van der Waals surface area contributed by atoms with Crippen LogP contribution < -0.4 is 0 Å². The standard InChI is InChI=1S/C8H14.C8H12/c2*1-2-4-6-8-7-5-3-1/h1-2H,3-8H2;1-4H,5-8H2. The molecule has 2 rings (SSSR count). The van der Waals surface area contributed by atoms with Gasteiger partial charge in [-0.15, -0.1) is 0 Å². The molecule has 0 aromatic rings. The van der Waals surface area contributed by atoms with E-state index in [-0.39, 0.29) is 0 Å². The molecule has 90 valence electrons. The van der Waals surface area contributed by atoms with Crippen molar-refractivity contribution in [3.05, 3.63) is 36.5 Å². The quantitative estimate of drug-likeness (QED) is 0.466. The van der Waals surface area contributed by atoms with Crippen LogP contribution in [0.3, 0.4) is 0 Å². The van der Waals surface area contributed by atoms with Gasteiger partial charge >= 0.3 is 0 Å². The molecular formula is C16H26. The minimum Gasteiger partial charge on any atom is -0.0885 e. The van der Waals surface area contributed by atoms with Gasteiger partial charge in [-0.2, -0.15) is 0 Å². The van der Waals surface area contributed by atoms with Crippen molar-refractivity contribution in [2.75, 3.05) is 0 Å². The second-order valence-corrected chi connectivity index (χ2v) is 4.60. The van der Waals surface area contributed by atoms with Crippen LogP contribution >= 0.6 is 0 Å². The first-order valence-electron chi connectivity index (χ1n) is 6.97. The van der Waals surface area contributed by atoms with Gasteiger partial charge in [0.15, 0.2) is 0 Å². The third-order valence-electron chi connectivity index (χ3n) is 3.03. The van der Waals surface area contributed by atoms with E-state index in [9.17, 15) is 0 Å². The Balaban J connectivity index is 0.000000160. The number of hydrogen-bond acceptors (Lipinski definition) is 0. The fraction of sp³-hybridized carbons (Fsp3) is 0.625. The minimum atomic E-state index is 1.27. The molecule has 0 aliphatic heterocycles. The predicted octanol–water partition coefficient (Wildman–Crippen LogP) is 5.57. The first kappa shape index (κ1) is 13.3. The first-order chi connectivity index (χ1) is 8.00. The van der Waals surface area contributed by atoms with Crippen LogP contribution in [0.1, 0.15) is 64.2 Å². The molecule has 0 atom stereocenters. The van der Waals surface area contributed by atoms with Gasteiger partial charge in [0.1, 0.15) is 0 Å². The fourth-order valence-electron chi connectivity index (χ4n) is 1.99. The average molecular weight is 218 g/mol. The monoisotopic (exact) mass is 218 g/mol. The minimum absolute atomic E-state index is 1.27. The maximum Gasteiger partial charge on any atom is -0.0347 e. The Morgan fingerprint density at radius 3 is 1.25 bits per heavy atom. The van der Waals surface area contributed by atoms with Crippen LogP contribution in [0.15, 0.2) is 36.5 Å². The molecule has 16 heavy (non-hydrogen) atoms. The topological polar surface area (TPSA) is 0 Å². The molecule has 0 heterocycles. The Bertz CT molecular complexity index is 196. The molecule has 0 N–H and O–H groups in total. The number of rotatable bonds is 0. The maximum absolute atomic E-state index is 2.32. The highest BCUT2D eigenvalue weighted by molar-refractivity contribution is 5.03. The Labute approximate surface area is 101 Å². The van der Waals surface area contributed by atoms with Gasteiger partial charge in [0.25, 0.3) is 0 Å². The number of hydrogen-bond donors (Lipinski definition) is 0. The fourth-order valence-corrected chi connectivity index (χ4v) is 1.99. The van der Waals surface area contributed by atoms with Crippen molar-refractivity contribution in [3.8, 4) is 0 Å². The molecular weight excluding hydrogens is 192 g/mol. The summed E-state index contributed by atoms with van der Waals surface area (Å²) in [5, 5.41) is 0. The summed E-state index contributed by atoms with van der Waals surface area (Å²) in [6.45, 7) is 0. The van der Waals surface area contributed by atoms with Crippen molar-refractivity contribution in [2.45, 2.75) is 64.2 Å². The van der Waals surface area contributed by atoms with E-state index >= 15 is 0 Å². The second-order valence-electron chi connectivity index (χ2n) is 4.60. The summed E-state index contributed by atoms with van der Waals surface area (Å²) in [4.78, 5) is 0. The SMILES string of the molecule is C1=CCCCCC=C1.C1=CCCCCCC1. The molecule has 0 unspecified atom stereocenters. The van der Waals surface area contributed by atoms with Crippen LogP contribution in [-0.2, 0) is 0 Å². The lowest BCUT2D eigenvalue weighted by Gasteiger charge is -2.00. The molecule has 0 radical (unpaired) electrons. The van der Waals surface area contributed by atoms with Gasteiger partial charge in [0.2, 0.25) is 0 Å². The molecule has 0 heteroatoms. The zero-order valence-corrected chi connectivity index (χ0v) is 10.5. The highest BCUT2D eigenvalue weighted by Gasteiger charge is 1.90. The number of allylic oxidation sites excluding steroid dienone is 6. The summed E-state index contributed by atoms with van der Waals surface area (Å²) in [7, 11) is 0. The van der Waals surface area contributed by atoms with Crippen molar-refractivity contribution in [1.29, 1.82) is 0 Å². The Kier molecular flexibility index (Phi) is 8.91. The van der Waals surface area contributed by atoms with Crippen LogP contribution in [0.5, 0.6) is 0 Å². The van der Waals surface area contributed by atoms with E-state index in [1.807, 2.05) is 0 Å². The Morgan fingerprint density at radius 1 is 0.375 bits per heavy atom. The summed E-state index contributed by atoms with van der Waals surface area (Å²) in [5.41, 5.74) is 0. The summed E-state index contributed by atoms with van der Waals surface area (Å²) in [5.74, 6) is 0. The lowest BCUT2D eigenvalue weighted by Crippen LogP contribution is -1.80. The van der Waals surface area contributed by atoms with Crippen LogP contribution in [0.2, 0.25) is 0 Å². The van der Waals surface area contributed by atoms with Crippen molar-refractivity contribution in [2.24, 2.45) is 0 Å². The third-order valence-corrected chi connectivity index (χ3v) is 3.03. The van der Waals surface area contributed by atoms with Gasteiger partial charge in [-0.25, -0.2) is 0 Å². The normalized spacial score (nSPS) is 21.0. The molecule has 0 saturated heterocycles. The van der Waals surface area contributed by atoms with Crippen molar-refractivity contribution in [3.63, 3.8) is 0 Å². The van der Waals surface area contributed by atoms with Gasteiger partial charge in [-0.3, -0.25) is 0 Å². The molecule has 0 bridgehead atoms. The highest BCUT2D eigenvalue weighted by atomic mass is 14.0. The zero-order valence-electron chi connectivity index (χ0n) is 10.5. The van der Waals surface area contributed by atoms with E-state index in [4.69, 9.17) is 0 Å². The van der Waals surface area contributed by atoms with Crippen molar-refractivity contribution in [1.82, 2.24) is 0 Å². The lowest BCUT2D eigenvalue weighted by molar-refractivity contribution is 0.638. The summed E-state index contributed by atoms with van der Waals surface area (Å²) < 4.78 is 0. The summed E-state index contributed by atoms with van der Waals surface area (Å²) >= 11 is 0. The first-order valence-corrected chi connectivity index (χ1v) is 6.97. The van der Waals surface area contributed by atoms with Crippen molar-refractivity contribution >= 4 is 0 Å². The molecule has 0 amide bonds. The van der Waals surface area contributed by atoms with Crippen LogP contribution in [0, 0.1) is 0 Å². The molecule has 0 aromatic heterocycles. The Morgan fingerprint density at radius 2 is 0.750 bits per heavy atom. The second kappa shape index (κ2) is 10.7. The van der Waals surface area contributed by atoms with Gasteiger partial charge in [-0.1, -0.05) is 49.3 Å². The largest absolute Gasteiger partial charge is 0.0885 e. The Hall–Kier alpha value is -0.780. The van der Waals surface area contributed by atoms with Crippen LogP contribution in [0.4, 0.5) is 0 Å². The van der Waals surface area contributed by atoms with E-state index in [1.54, 1.807) is 0 Å². The van der Waals surface area contributed by atoms with Crippen LogP contribution in [-0.4, -0.2) is 0 Å². The van der Waals surface area contributed by atoms with E-state index in [1.165, 1.54) is 64.2 Å². The van der Waals surface area contributed by atoms with Gasteiger partial charge in [-0.05, 0) is 51.4 Å². The molecule has 0 spiro atoms. The smallest absolute Gasteiger partial charge is 0.0347 e. The lowest BCUT2D eigenvalue weighted by atomic mass is 10.1. The molecule has 0 fully saturated rings. The summed E-state index contributed by atoms with van der Waals surface area (Å²) in [6, 6.07) is 0. The van der Waals surface area contributed by atoms with E-state index in [0.717, 1.165) is 0 Å². The molecule has 2 aliphatic carbocycles. The average Bonchev–Trinajstić information content (AvgIpc) is 2.15. The van der Waals surface area contributed by atoms with E-state index in [2.05, 4.69) is 36.5 Å². The predicted molar refractivity (Wildman–Crippen MR) is 73.6 cm³/mol. The molecule has 0 aromatic carbocycles. The molecule has 2 aliphatic rings. The van der Waals surface area contributed by atoms with E-state index in [0.29, 0.717) is 0 Å². The maximum atomic E-state index is 2.32. The highest BCUT2D eigenvalue weighted by Crippen LogP contribution is 2.09. The van der Waals surface area contributed by atoms with Gasteiger partial charge in [0.05, 0.1) is 0 Å². The van der Waals surface area contributed by atoms with E-state index < -0.39 is 0 Å². The molecule has 0 saturated carbocycles. The third kappa shape index (κ3) is 8.52. The summed E-state index contributed by atoms with van der Waals surface area (Å²) in [6.07, 6.45) is 27.0. The zero-order chi connectivity index (χ0) is 11.3. The van der Waals surface area contributed by atoms with Crippen LogP contribution in [0.25, 0.3) is 0 Å². The van der Waals surface area contributed by atoms with Gasteiger partial charge < -0.3 is 0 Å².